The number of furan rings is 1. The van der Waals surface area contributed by atoms with Gasteiger partial charge in [-0.1, -0.05) is 218 Å². The molecule has 2 heterocycles. The first-order valence-corrected chi connectivity index (χ1v) is 22.6. The number of hydrogen-bond acceptors (Lipinski definition) is 4. The Hall–Kier alpha value is -8.99. The average molecular weight is 856 g/mol. The average Bonchev–Trinajstić information content (AvgIpc) is 3.81. The summed E-state index contributed by atoms with van der Waals surface area (Å²) in [6, 6.07) is 87.0. The molecule has 0 unspecified atom stereocenters. The zero-order valence-corrected chi connectivity index (χ0v) is 36.4. The van der Waals surface area contributed by atoms with Gasteiger partial charge in [-0.3, -0.25) is 0 Å². The number of para-hydroxylation sites is 1. The Labute approximate surface area is 389 Å². The maximum Gasteiger partial charge on any atom is 0.164 e. The van der Waals surface area contributed by atoms with Crippen LogP contribution in [0.15, 0.2) is 253 Å². The minimum Gasteiger partial charge on any atom is -0.455 e. The molecular weight excluding hydrogens is 815 g/mol. The first-order valence-electron chi connectivity index (χ1n) is 22.6. The monoisotopic (exact) mass is 855 g/mol. The Balaban J connectivity index is 1.09. The van der Waals surface area contributed by atoms with Gasteiger partial charge in [-0.05, 0) is 91.5 Å². The van der Waals surface area contributed by atoms with E-state index in [2.05, 4.69) is 218 Å². The third-order valence-corrected chi connectivity index (χ3v) is 12.5. The summed E-state index contributed by atoms with van der Waals surface area (Å²) in [6.07, 6.45) is 0. The molecule has 0 N–H and O–H groups in total. The number of aromatic nitrogens is 3. The molecule has 0 amide bonds. The molecule has 314 valence electrons. The van der Waals surface area contributed by atoms with E-state index < -0.39 is 0 Å². The predicted molar refractivity (Wildman–Crippen MR) is 276 cm³/mol. The van der Waals surface area contributed by atoms with Gasteiger partial charge < -0.3 is 4.42 Å². The summed E-state index contributed by atoms with van der Waals surface area (Å²) in [6.45, 7) is 0. The van der Waals surface area contributed by atoms with E-state index in [4.69, 9.17) is 19.4 Å². The van der Waals surface area contributed by atoms with Crippen LogP contribution in [-0.4, -0.2) is 15.0 Å². The SMILES string of the molecule is c1ccc(-c2ccc(-c3nc(-c4cc(-c5ccccc5)cc(-c5ccccc5)c4)nc(-c4cc(-c5ccccc5)cc5oc6c(-c7ccc(-c8ccccc8)cc7)cccc6c45)n3)cc2)cc1. The summed E-state index contributed by atoms with van der Waals surface area (Å²) in [4.78, 5) is 16.2. The van der Waals surface area contributed by atoms with E-state index in [1.165, 1.54) is 5.56 Å². The van der Waals surface area contributed by atoms with E-state index in [1.807, 2.05) is 30.3 Å². The molecule has 4 heteroatoms. The molecule has 4 nitrogen and oxygen atoms in total. The molecule has 0 radical (unpaired) electrons. The zero-order valence-electron chi connectivity index (χ0n) is 36.4. The summed E-state index contributed by atoms with van der Waals surface area (Å²) in [5, 5.41) is 1.94. The molecule has 12 rings (SSSR count). The summed E-state index contributed by atoms with van der Waals surface area (Å²) in [5.74, 6) is 1.71. The zero-order chi connectivity index (χ0) is 44.5. The molecule has 0 aliphatic carbocycles. The van der Waals surface area contributed by atoms with Crippen LogP contribution in [0, 0.1) is 0 Å². The number of benzene rings is 10. The Bertz CT molecular complexity index is 3630. The number of nitrogens with zero attached hydrogens (tertiary/aromatic N) is 3. The van der Waals surface area contributed by atoms with Crippen LogP contribution in [0.25, 0.3) is 123 Å². The van der Waals surface area contributed by atoms with Gasteiger partial charge in [0.2, 0.25) is 0 Å². The number of hydrogen-bond donors (Lipinski definition) is 0. The Kier molecular flexibility index (Phi) is 10.2. The molecule has 67 heavy (non-hydrogen) atoms. The van der Waals surface area contributed by atoms with Gasteiger partial charge in [-0.15, -0.1) is 0 Å². The normalized spacial score (nSPS) is 11.3. The van der Waals surface area contributed by atoms with Gasteiger partial charge in [0.25, 0.3) is 0 Å². The second kappa shape index (κ2) is 17.2. The van der Waals surface area contributed by atoms with Gasteiger partial charge in [-0.25, -0.2) is 15.0 Å². The molecule has 0 aliphatic heterocycles. The molecule has 12 aromatic rings. The maximum absolute atomic E-state index is 7.02. The van der Waals surface area contributed by atoms with Crippen LogP contribution >= 0.6 is 0 Å². The third kappa shape index (κ3) is 7.77. The van der Waals surface area contributed by atoms with Crippen molar-refractivity contribution in [1.29, 1.82) is 0 Å². The molecule has 0 bridgehead atoms. The molecule has 0 aliphatic rings. The van der Waals surface area contributed by atoms with Crippen LogP contribution < -0.4 is 0 Å². The van der Waals surface area contributed by atoms with Gasteiger partial charge in [0, 0.05) is 33.0 Å². The van der Waals surface area contributed by atoms with Crippen molar-refractivity contribution in [2.45, 2.75) is 0 Å². The highest BCUT2D eigenvalue weighted by Gasteiger charge is 2.22. The smallest absolute Gasteiger partial charge is 0.164 e. The molecule has 2 aromatic heterocycles. The third-order valence-electron chi connectivity index (χ3n) is 12.5. The van der Waals surface area contributed by atoms with Crippen molar-refractivity contribution in [3.8, 4) is 101 Å². The predicted octanol–water partition coefficient (Wildman–Crippen LogP) is 16.8. The van der Waals surface area contributed by atoms with Crippen molar-refractivity contribution in [2.24, 2.45) is 0 Å². The molecule has 0 saturated carbocycles. The minimum absolute atomic E-state index is 0.557. The highest BCUT2D eigenvalue weighted by Crippen LogP contribution is 2.43. The van der Waals surface area contributed by atoms with Crippen molar-refractivity contribution in [1.82, 2.24) is 15.0 Å². The van der Waals surface area contributed by atoms with Crippen LogP contribution in [-0.2, 0) is 0 Å². The number of fused-ring (bicyclic) bond motifs is 3. The van der Waals surface area contributed by atoms with Gasteiger partial charge in [0.05, 0.1) is 0 Å². The standard InChI is InChI=1S/C63H41N3O/c1-6-17-42(18-7-1)47-29-33-49(34-30-47)55-27-16-28-56-59-57(40-53(41-58(59)67-60(55)56)46-25-14-5-15-26-46)63-65-61(50-35-31-48(32-36-50)43-19-8-2-9-20-43)64-62(66-63)54-38-51(44-21-10-3-11-22-44)37-52(39-54)45-23-12-4-13-24-45/h1-41H. The highest BCUT2D eigenvalue weighted by atomic mass is 16.3. The first kappa shape index (κ1) is 39.6. The van der Waals surface area contributed by atoms with E-state index in [1.54, 1.807) is 0 Å². The van der Waals surface area contributed by atoms with Crippen LogP contribution in [0.3, 0.4) is 0 Å². The second-order valence-electron chi connectivity index (χ2n) is 16.8. The minimum atomic E-state index is 0.557. The fourth-order valence-corrected chi connectivity index (χ4v) is 9.15. The van der Waals surface area contributed by atoms with Gasteiger partial charge in [0.1, 0.15) is 11.2 Å². The topological polar surface area (TPSA) is 51.8 Å². The van der Waals surface area contributed by atoms with Crippen molar-refractivity contribution in [2.75, 3.05) is 0 Å². The van der Waals surface area contributed by atoms with Crippen LogP contribution in [0.4, 0.5) is 0 Å². The van der Waals surface area contributed by atoms with Gasteiger partial charge in [0.15, 0.2) is 17.5 Å². The molecule has 0 atom stereocenters. The summed E-state index contributed by atoms with van der Waals surface area (Å²) in [7, 11) is 0. The lowest BCUT2D eigenvalue weighted by Crippen LogP contribution is -2.01. The Morgan fingerprint density at radius 1 is 0.239 bits per heavy atom. The van der Waals surface area contributed by atoms with Crippen molar-refractivity contribution in [3.05, 3.63) is 249 Å². The lowest BCUT2D eigenvalue weighted by atomic mass is 9.95. The lowest BCUT2D eigenvalue weighted by Gasteiger charge is -2.13. The summed E-state index contributed by atoms with van der Waals surface area (Å²) >= 11 is 0. The van der Waals surface area contributed by atoms with E-state index >= 15 is 0 Å². The first-order chi connectivity index (χ1) is 33.2. The maximum atomic E-state index is 7.02. The van der Waals surface area contributed by atoms with E-state index in [-0.39, 0.29) is 0 Å². The molecule has 0 fully saturated rings. The summed E-state index contributed by atoms with van der Waals surface area (Å²) < 4.78 is 7.02. The highest BCUT2D eigenvalue weighted by molar-refractivity contribution is 6.16. The molecule has 10 aromatic carbocycles. The van der Waals surface area contributed by atoms with Crippen LogP contribution in [0.1, 0.15) is 0 Å². The summed E-state index contributed by atoms with van der Waals surface area (Å²) in [5.41, 5.74) is 17.4. The van der Waals surface area contributed by atoms with E-state index in [9.17, 15) is 0 Å². The van der Waals surface area contributed by atoms with Crippen LogP contribution in [0.5, 0.6) is 0 Å². The van der Waals surface area contributed by atoms with E-state index in [0.29, 0.717) is 17.5 Å². The molecular formula is C63H41N3O. The Morgan fingerprint density at radius 3 is 1.10 bits per heavy atom. The van der Waals surface area contributed by atoms with Crippen LogP contribution in [0.2, 0.25) is 0 Å². The second-order valence-corrected chi connectivity index (χ2v) is 16.8. The van der Waals surface area contributed by atoms with Gasteiger partial charge in [-0.2, -0.15) is 0 Å². The van der Waals surface area contributed by atoms with E-state index in [0.717, 1.165) is 99.8 Å². The molecule has 0 saturated heterocycles. The largest absolute Gasteiger partial charge is 0.455 e. The molecule has 0 spiro atoms. The Morgan fingerprint density at radius 2 is 0.612 bits per heavy atom. The fourth-order valence-electron chi connectivity index (χ4n) is 9.15. The quantitative estimate of drug-likeness (QED) is 0.145. The van der Waals surface area contributed by atoms with Gasteiger partial charge >= 0.3 is 0 Å². The van der Waals surface area contributed by atoms with Crippen molar-refractivity contribution in [3.63, 3.8) is 0 Å². The fraction of sp³-hybridized carbons (Fsp3) is 0. The van der Waals surface area contributed by atoms with Crippen molar-refractivity contribution >= 4 is 21.9 Å². The lowest BCUT2D eigenvalue weighted by molar-refractivity contribution is 0.670. The van der Waals surface area contributed by atoms with Crippen molar-refractivity contribution < 1.29 is 4.42 Å². The number of rotatable bonds is 9.